The molecule has 2 rings (SSSR count). The van der Waals surface area contributed by atoms with E-state index in [0.29, 0.717) is 0 Å². The van der Waals surface area contributed by atoms with Crippen molar-refractivity contribution in [3.05, 3.63) is 29.3 Å². The van der Waals surface area contributed by atoms with Crippen LogP contribution in [-0.4, -0.2) is 4.98 Å². The summed E-state index contributed by atoms with van der Waals surface area (Å²) in [6.45, 7) is 6.68. The maximum Gasteiger partial charge on any atom is 0.0805 e. The summed E-state index contributed by atoms with van der Waals surface area (Å²) in [6, 6.07) is 4.25. The third-order valence-electron chi connectivity index (χ3n) is 2.16. The number of nitrogens with zero attached hydrogens (tertiary/aromatic N) is 1. The summed E-state index contributed by atoms with van der Waals surface area (Å²) >= 11 is 1.77. The number of fused-ring (bicyclic) bond motifs is 1. The molecule has 0 radical (unpaired) electrons. The predicted molar refractivity (Wildman–Crippen MR) is 57.4 cm³/mol. The van der Waals surface area contributed by atoms with E-state index in [2.05, 4.69) is 43.3 Å². The van der Waals surface area contributed by atoms with Crippen molar-refractivity contribution >= 4 is 11.3 Å². The molecule has 0 bridgehead atoms. The van der Waals surface area contributed by atoms with Gasteiger partial charge in [0.25, 0.3) is 0 Å². The van der Waals surface area contributed by atoms with E-state index < -0.39 is 0 Å². The Kier molecular flexibility index (Phi) is 1.88. The highest BCUT2D eigenvalue weighted by Gasteiger charge is 2.16. The Morgan fingerprint density at radius 3 is 2.77 bits per heavy atom. The third kappa shape index (κ3) is 1.59. The van der Waals surface area contributed by atoms with Gasteiger partial charge in [0.15, 0.2) is 0 Å². The van der Waals surface area contributed by atoms with Gasteiger partial charge in [0.05, 0.1) is 10.6 Å². The van der Waals surface area contributed by atoms with Crippen LogP contribution >= 0.6 is 11.3 Å². The zero-order valence-electron chi connectivity index (χ0n) is 8.16. The molecule has 0 aliphatic carbocycles. The largest absolute Gasteiger partial charge is 0.255 e. The van der Waals surface area contributed by atoms with E-state index in [4.69, 9.17) is 0 Å². The van der Waals surface area contributed by atoms with E-state index in [9.17, 15) is 0 Å². The van der Waals surface area contributed by atoms with Crippen molar-refractivity contribution in [2.45, 2.75) is 26.2 Å². The minimum Gasteiger partial charge on any atom is -0.255 e. The highest BCUT2D eigenvalue weighted by molar-refractivity contribution is 7.13. The summed E-state index contributed by atoms with van der Waals surface area (Å²) < 4.78 is 0. The van der Waals surface area contributed by atoms with Crippen LogP contribution in [0.25, 0.3) is 10.6 Å². The Hall–Kier alpha value is -0.890. The SMILES string of the molecule is CC(C)(C)c1csc2ccnc-2c1. The molecule has 0 amide bonds. The van der Waals surface area contributed by atoms with E-state index in [-0.39, 0.29) is 5.41 Å². The Morgan fingerprint density at radius 1 is 1.31 bits per heavy atom. The molecule has 1 nitrogen and oxygen atoms in total. The molecule has 0 spiro atoms. The average Bonchev–Trinajstić information content (AvgIpc) is 2.47. The van der Waals surface area contributed by atoms with E-state index in [1.54, 1.807) is 11.3 Å². The van der Waals surface area contributed by atoms with Crippen LogP contribution in [0, 0.1) is 0 Å². The lowest BCUT2D eigenvalue weighted by Gasteiger charge is -2.18. The molecular formula is C11H13NS. The maximum absolute atomic E-state index is 4.30. The zero-order chi connectivity index (χ0) is 9.47. The van der Waals surface area contributed by atoms with Crippen LogP contribution in [0.15, 0.2) is 23.7 Å². The van der Waals surface area contributed by atoms with E-state index in [0.717, 1.165) is 5.69 Å². The standard InChI is InChI=1S/C11H13NS/c1-11(2,3)8-6-9-10(13-7-8)4-5-12-9/h4-7H,1-3H3. The zero-order valence-corrected chi connectivity index (χ0v) is 8.98. The summed E-state index contributed by atoms with van der Waals surface area (Å²) in [5.41, 5.74) is 2.71. The molecule has 0 fully saturated rings. The van der Waals surface area contributed by atoms with Gasteiger partial charge in [-0.1, -0.05) is 20.8 Å². The molecule has 0 N–H and O–H groups in total. The summed E-state index contributed by atoms with van der Waals surface area (Å²) in [5, 5.41) is 2.23. The average molecular weight is 191 g/mol. The van der Waals surface area contributed by atoms with E-state index in [1.807, 2.05) is 6.20 Å². The highest BCUT2D eigenvalue weighted by atomic mass is 32.1. The summed E-state index contributed by atoms with van der Waals surface area (Å²) in [7, 11) is 0. The number of aromatic nitrogens is 1. The molecule has 2 heteroatoms. The van der Waals surface area contributed by atoms with Gasteiger partial charge in [-0.05, 0) is 28.5 Å². The van der Waals surface area contributed by atoms with Crippen LogP contribution in [0.4, 0.5) is 0 Å². The fourth-order valence-corrected chi connectivity index (χ4v) is 2.29. The van der Waals surface area contributed by atoms with Crippen molar-refractivity contribution in [2.75, 3.05) is 0 Å². The molecule has 0 aromatic carbocycles. The van der Waals surface area contributed by atoms with Crippen molar-refractivity contribution in [3.8, 4) is 10.6 Å². The fraction of sp³-hybridized carbons (Fsp3) is 0.364. The van der Waals surface area contributed by atoms with Crippen molar-refractivity contribution in [3.63, 3.8) is 0 Å². The van der Waals surface area contributed by atoms with Gasteiger partial charge in [-0.2, -0.15) is 0 Å². The van der Waals surface area contributed by atoms with Crippen molar-refractivity contribution in [1.29, 1.82) is 0 Å². The molecule has 2 aliphatic rings. The van der Waals surface area contributed by atoms with Gasteiger partial charge >= 0.3 is 0 Å². The first-order valence-electron chi connectivity index (χ1n) is 4.41. The van der Waals surface area contributed by atoms with Crippen molar-refractivity contribution < 1.29 is 0 Å². The van der Waals surface area contributed by atoms with Gasteiger partial charge in [-0.15, -0.1) is 11.3 Å². The molecule has 0 aromatic rings. The Labute approximate surface area is 82.8 Å². The minimum atomic E-state index is 0.226. The first-order chi connectivity index (χ1) is 6.07. The summed E-state index contributed by atoms with van der Waals surface area (Å²) in [4.78, 5) is 5.57. The van der Waals surface area contributed by atoms with Crippen LogP contribution in [0.1, 0.15) is 26.3 Å². The van der Waals surface area contributed by atoms with Crippen LogP contribution in [-0.2, 0) is 5.41 Å². The second-order valence-electron chi connectivity index (χ2n) is 4.28. The summed E-state index contributed by atoms with van der Waals surface area (Å²) in [6.07, 6.45) is 1.87. The van der Waals surface area contributed by atoms with Gasteiger partial charge in [0, 0.05) is 6.20 Å². The van der Waals surface area contributed by atoms with E-state index >= 15 is 0 Å². The molecule has 0 unspecified atom stereocenters. The Balaban J connectivity index is 2.56. The number of rotatable bonds is 0. The molecule has 0 aromatic heterocycles. The highest BCUT2D eigenvalue weighted by Crippen LogP contribution is 2.31. The third-order valence-corrected chi connectivity index (χ3v) is 3.13. The second-order valence-corrected chi connectivity index (χ2v) is 5.19. The lowest BCUT2D eigenvalue weighted by molar-refractivity contribution is 0.592. The van der Waals surface area contributed by atoms with Crippen LogP contribution in [0.2, 0.25) is 0 Å². The predicted octanol–water partition coefficient (Wildman–Crippen LogP) is 3.55. The first kappa shape index (κ1) is 8.70. The number of hydrogen-bond acceptors (Lipinski definition) is 2. The summed E-state index contributed by atoms with van der Waals surface area (Å²) in [5.74, 6) is 0. The molecule has 13 heavy (non-hydrogen) atoms. The van der Waals surface area contributed by atoms with Crippen molar-refractivity contribution in [2.24, 2.45) is 0 Å². The maximum atomic E-state index is 4.30. The smallest absolute Gasteiger partial charge is 0.0805 e. The molecule has 0 atom stereocenters. The lowest BCUT2D eigenvalue weighted by atomic mass is 9.89. The van der Waals surface area contributed by atoms with Crippen molar-refractivity contribution in [1.82, 2.24) is 4.98 Å². The molecule has 0 saturated carbocycles. The monoisotopic (exact) mass is 191 g/mol. The number of hydrogen-bond donors (Lipinski definition) is 0. The fourth-order valence-electron chi connectivity index (χ4n) is 1.24. The lowest BCUT2D eigenvalue weighted by Crippen LogP contribution is -2.10. The van der Waals surface area contributed by atoms with Crippen LogP contribution in [0.5, 0.6) is 0 Å². The molecule has 68 valence electrons. The molecular weight excluding hydrogens is 178 g/mol. The Morgan fingerprint density at radius 2 is 2.08 bits per heavy atom. The quantitative estimate of drug-likeness (QED) is 0.620. The topological polar surface area (TPSA) is 12.9 Å². The van der Waals surface area contributed by atoms with E-state index in [1.165, 1.54) is 10.4 Å². The van der Waals surface area contributed by atoms with Gasteiger partial charge in [0.2, 0.25) is 0 Å². The normalized spacial score (nSPS) is 12.2. The molecule has 0 saturated heterocycles. The molecule has 2 aliphatic heterocycles. The van der Waals surface area contributed by atoms with Gasteiger partial charge in [-0.25, -0.2) is 0 Å². The van der Waals surface area contributed by atoms with Gasteiger partial charge in [0.1, 0.15) is 0 Å². The minimum absolute atomic E-state index is 0.226. The van der Waals surface area contributed by atoms with Gasteiger partial charge in [-0.3, -0.25) is 4.98 Å². The first-order valence-corrected chi connectivity index (χ1v) is 5.29. The van der Waals surface area contributed by atoms with Crippen LogP contribution < -0.4 is 0 Å². The second kappa shape index (κ2) is 2.81. The molecule has 2 heterocycles. The Bertz CT molecular complexity index is 384. The van der Waals surface area contributed by atoms with Crippen LogP contribution in [0.3, 0.4) is 0 Å². The van der Waals surface area contributed by atoms with Gasteiger partial charge < -0.3 is 0 Å².